The lowest BCUT2D eigenvalue weighted by molar-refractivity contribution is -0.144. The minimum Gasteiger partial charge on any atom is -0.277 e. The number of hydrogen-bond donors (Lipinski definition) is 1. The second-order valence-corrected chi connectivity index (χ2v) is 5.21. The lowest BCUT2D eigenvalue weighted by atomic mass is 9.92. The number of pyridine rings is 1. The molecule has 0 radical (unpaired) electrons. The van der Waals surface area contributed by atoms with Gasteiger partial charge in [0.1, 0.15) is 5.92 Å². The van der Waals surface area contributed by atoms with Gasteiger partial charge in [0.05, 0.1) is 12.2 Å². The zero-order chi connectivity index (χ0) is 14.9. The average molecular weight is 275 g/mol. The Labute approximate surface area is 117 Å². The van der Waals surface area contributed by atoms with Gasteiger partial charge < -0.3 is 0 Å². The SMILES string of the molecule is Cc1cccnc1CN1C(=O)NC(=O)C(C(C)C)C1=O. The largest absolute Gasteiger partial charge is 0.331 e. The first kappa shape index (κ1) is 14.2. The van der Waals surface area contributed by atoms with Crippen LogP contribution in [0.25, 0.3) is 0 Å². The van der Waals surface area contributed by atoms with Crippen LogP contribution in [0.3, 0.4) is 0 Å². The summed E-state index contributed by atoms with van der Waals surface area (Å²) >= 11 is 0. The van der Waals surface area contributed by atoms with Crippen LogP contribution >= 0.6 is 0 Å². The minimum absolute atomic E-state index is 0.0772. The highest BCUT2D eigenvalue weighted by atomic mass is 16.2. The van der Waals surface area contributed by atoms with Crippen LogP contribution in [-0.4, -0.2) is 27.7 Å². The fourth-order valence-corrected chi connectivity index (χ4v) is 2.20. The molecule has 1 fully saturated rings. The van der Waals surface area contributed by atoms with E-state index in [1.54, 1.807) is 26.1 Å². The second kappa shape index (κ2) is 5.40. The van der Waals surface area contributed by atoms with Crippen LogP contribution in [0.2, 0.25) is 0 Å². The molecule has 2 heterocycles. The Bertz CT molecular complexity index is 569. The number of hydrogen-bond acceptors (Lipinski definition) is 4. The normalized spacial score (nSPS) is 19.5. The fraction of sp³-hybridized carbons (Fsp3) is 0.429. The minimum atomic E-state index is -0.822. The van der Waals surface area contributed by atoms with Crippen molar-refractivity contribution in [1.29, 1.82) is 0 Å². The molecule has 0 spiro atoms. The van der Waals surface area contributed by atoms with Gasteiger partial charge in [0.2, 0.25) is 11.8 Å². The highest BCUT2D eigenvalue weighted by molar-refractivity contribution is 6.16. The van der Waals surface area contributed by atoms with Gasteiger partial charge >= 0.3 is 6.03 Å². The van der Waals surface area contributed by atoms with Gasteiger partial charge in [-0.2, -0.15) is 0 Å². The Morgan fingerprint density at radius 1 is 1.35 bits per heavy atom. The Hall–Kier alpha value is -2.24. The van der Waals surface area contributed by atoms with Crippen molar-refractivity contribution in [2.24, 2.45) is 11.8 Å². The summed E-state index contributed by atoms with van der Waals surface area (Å²) in [5, 5.41) is 2.23. The quantitative estimate of drug-likeness (QED) is 0.842. The molecule has 1 atom stereocenters. The third-order valence-electron chi connectivity index (χ3n) is 3.38. The summed E-state index contributed by atoms with van der Waals surface area (Å²) in [7, 11) is 0. The lowest BCUT2D eigenvalue weighted by Gasteiger charge is -2.31. The van der Waals surface area contributed by atoms with Gasteiger partial charge in [0.25, 0.3) is 0 Å². The topological polar surface area (TPSA) is 79.4 Å². The van der Waals surface area contributed by atoms with Crippen LogP contribution in [0.1, 0.15) is 25.1 Å². The van der Waals surface area contributed by atoms with Crippen molar-refractivity contribution in [2.75, 3.05) is 0 Å². The summed E-state index contributed by atoms with van der Waals surface area (Å²) in [5.41, 5.74) is 1.54. The molecule has 4 amide bonds. The summed E-state index contributed by atoms with van der Waals surface area (Å²) in [4.78, 5) is 41.1. The van der Waals surface area contributed by atoms with E-state index in [9.17, 15) is 14.4 Å². The van der Waals surface area contributed by atoms with E-state index in [1.165, 1.54) is 0 Å². The lowest BCUT2D eigenvalue weighted by Crippen LogP contribution is -2.58. The van der Waals surface area contributed by atoms with Crippen molar-refractivity contribution >= 4 is 17.8 Å². The van der Waals surface area contributed by atoms with Gasteiger partial charge in [0, 0.05) is 6.20 Å². The zero-order valence-electron chi connectivity index (χ0n) is 11.7. The molecule has 1 aromatic heterocycles. The number of nitrogens with one attached hydrogen (secondary N) is 1. The first-order valence-corrected chi connectivity index (χ1v) is 6.48. The van der Waals surface area contributed by atoms with Crippen molar-refractivity contribution in [3.8, 4) is 0 Å². The Kier molecular flexibility index (Phi) is 3.83. The van der Waals surface area contributed by atoms with E-state index >= 15 is 0 Å². The van der Waals surface area contributed by atoms with E-state index < -0.39 is 23.8 Å². The zero-order valence-corrected chi connectivity index (χ0v) is 11.7. The molecule has 0 saturated carbocycles. The Morgan fingerprint density at radius 3 is 2.65 bits per heavy atom. The van der Waals surface area contributed by atoms with E-state index in [1.807, 2.05) is 13.0 Å². The van der Waals surface area contributed by atoms with Crippen molar-refractivity contribution < 1.29 is 14.4 Å². The molecule has 1 saturated heterocycles. The number of urea groups is 1. The standard InChI is InChI=1S/C14H17N3O3/c1-8(2)11-12(18)16-14(20)17(13(11)19)7-10-9(3)5-4-6-15-10/h4-6,8,11H,7H2,1-3H3,(H,16,18,20). The Balaban J connectivity index is 2.26. The smallest absolute Gasteiger partial charge is 0.277 e. The predicted molar refractivity (Wildman–Crippen MR) is 71.4 cm³/mol. The molecule has 1 aromatic rings. The van der Waals surface area contributed by atoms with Gasteiger partial charge in [-0.1, -0.05) is 19.9 Å². The molecule has 0 bridgehead atoms. The molecule has 20 heavy (non-hydrogen) atoms. The maximum Gasteiger partial charge on any atom is 0.331 e. The van der Waals surface area contributed by atoms with Crippen molar-refractivity contribution in [1.82, 2.24) is 15.2 Å². The number of carbonyl (C=O) groups excluding carboxylic acids is 3. The van der Waals surface area contributed by atoms with E-state index in [-0.39, 0.29) is 12.5 Å². The van der Waals surface area contributed by atoms with Gasteiger partial charge in [-0.25, -0.2) is 4.79 Å². The van der Waals surface area contributed by atoms with Crippen LogP contribution in [0.5, 0.6) is 0 Å². The highest BCUT2D eigenvalue weighted by Gasteiger charge is 2.42. The number of nitrogens with zero attached hydrogens (tertiary/aromatic N) is 2. The highest BCUT2D eigenvalue weighted by Crippen LogP contribution is 2.20. The maximum absolute atomic E-state index is 12.3. The van der Waals surface area contributed by atoms with Crippen LogP contribution in [0.15, 0.2) is 18.3 Å². The number of aryl methyl sites for hydroxylation is 1. The van der Waals surface area contributed by atoms with Crippen molar-refractivity contribution in [3.63, 3.8) is 0 Å². The third-order valence-corrected chi connectivity index (χ3v) is 3.38. The van der Waals surface area contributed by atoms with Gasteiger partial charge in [-0.05, 0) is 24.5 Å². The number of aromatic nitrogens is 1. The number of amides is 4. The summed E-state index contributed by atoms with van der Waals surface area (Å²) in [6, 6.07) is 2.97. The molecule has 2 rings (SSSR count). The fourth-order valence-electron chi connectivity index (χ4n) is 2.20. The van der Waals surface area contributed by atoms with Crippen molar-refractivity contribution in [2.45, 2.75) is 27.3 Å². The van der Waals surface area contributed by atoms with Crippen LogP contribution in [-0.2, 0) is 16.1 Å². The van der Waals surface area contributed by atoms with E-state index in [4.69, 9.17) is 0 Å². The predicted octanol–water partition coefficient (Wildman–Crippen LogP) is 1.24. The molecule has 106 valence electrons. The molecular formula is C14H17N3O3. The number of imide groups is 2. The van der Waals surface area contributed by atoms with Crippen LogP contribution in [0.4, 0.5) is 4.79 Å². The third kappa shape index (κ3) is 2.54. The number of barbiturate groups is 1. The van der Waals surface area contributed by atoms with Crippen LogP contribution in [0, 0.1) is 18.8 Å². The first-order valence-electron chi connectivity index (χ1n) is 6.48. The summed E-state index contributed by atoms with van der Waals surface area (Å²) in [5.74, 6) is -1.97. The monoisotopic (exact) mass is 275 g/mol. The molecule has 6 heteroatoms. The molecule has 1 aliphatic heterocycles. The molecule has 1 aliphatic rings. The second-order valence-electron chi connectivity index (χ2n) is 5.21. The molecule has 0 aromatic carbocycles. The molecule has 1 unspecified atom stereocenters. The van der Waals surface area contributed by atoms with Crippen molar-refractivity contribution in [3.05, 3.63) is 29.6 Å². The maximum atomic E-state index is 12.3. The van der Waals surface area contributed by atoms with E-state index in [0.29, 0.717) is 5.69 Å². The van der Waals surface area contributed by atoms with E-state index in [2.05, 4.69) is 10.3 Å². The summed E-state index contributed by atoms with van der Waals surface area (Å²) in [6.45, 7) is 5.50. The van der Waals surface area contributed by atoms with Gasteiger partial charge in [-0.3, -0.25) is 24.8 Å². The molecule has 1 N–H and O–H groups in total. The molecule has 6 nitrogen and oxygen atoms in total. The summed E-state index contributed by atoms with van der Waals surface area (Å²) in [6.07, 6.45) is 1.61. The van der Waals surface area contributed by atoms with Gasteiger partial charge in [0.15, 0.2) is 0 Å². The molecule has 0 aliphatic carbocycles. The number of carbonyl (C=O) groups is 3. The first-order chi connectivity index (χ1) is 9.41. The van der Waals surface area contributed by atoms with Crippen LogP contribution < -0.4 is 5.32 Å². The van der Waals surface area contributed by atoms with E-state index in [0.717, 1.165) is 10.5 Å². The summed E-state index contributed by atoms with van der Waals surface area (Å²) < 4.78 is 0. The molecular weight excluding hydrogens is 258 g/mol. The van der Waals surface area contributed by atoms with Gasteiger partial charge in [-0.15, -0.1) is 0 Å². The average Bonchev–Trinajstić information content (AvgIpc) is 2.35. The Morgan fingerprint density at radius 2 is 2.05 bits per heavy atom. The number of rotatable bonds is 3.